The summed E-state index contributed by atoms with van der Waals surface area (Å²) < 4.78 is 5.59. The van der Waals surface area contributed by atoms with Crippen molar-refractivity contribution in [3.63, 3.8) is 0 Å². The van der Waals surface area contributed by atoms with Crippen LogP contribution in [0.3, 0.4) is 0 Å². The van der Waals surface area contributed by atoms with Crippen LogP contribution in [-0.4, -0.2) is 30.5 Å². The molecule has 1 atom stereocenters. The molecule has 3 rings (SSSR count). The van der Waals surface area contributed by atoms with Gasteiger partial charge >= 0.3 is 0 Å². The van der Waals surface area contributed by atoms with Crippen LogP contribution >= 0.6 is 11.8 Å². The lowest BCUT2D eigenvalue weighted by atomic mass is 9.89. The summed E-state index contributed by atoms with van der Waals surface area (Å²) in [5.41, 5.74) is 1.52. The molecule has 0 aromatic heterocycles. The molecule has 1 aliphatic heterocycles. The molecule has 1 heterocycles. The van der Waals surface area contributed by atoms with Gasteiger partial charge in [-0.2, -0.15) is 0 Å². The van der Waals surface area contributed by atoms with E-state index in [9.17, 15) is 0 Å². The van der Waals surface area contributed by atoms with Crippen LogP contribution in [0.1, 0.15) is 25.3 Å². The van der Waals surface area contributed by atoms with E-state index >= 15 is 0 Å². The second-order valence-corrected chi connectivity index (χ2v) is 6.55. The molecule has 2 aliphatic rings. The third-order valence-corrected chi connectivity index (χ3v) is 5.16. The summed E-state index contributed by atoms with van der Waals surface area (Å²) in [7, 11) is 0. The normalized spacial score (nSPS) is 29.9. The molecule has 0 amide bonds. The van der Waals surface area contributed by atoms with Crippen molar-refractivity contribution in [1.29, 1.82) is 0 Å². The molecule has 1 unspecified atom stereocenters. The van der Waals surface area contributed by atoms with Crippen molar-refractivity contribution in [1.82, 2.24) is 5.32 Å². The Labute approximate surface area is 113 Å². The van der Waals surface area contributed by atoms with Crippen molar-refractivity contribution in [3.8, 4) is 0 Å². The number of nitrogens with one attached hydrogen (secondary N) is 1. The van der Waals surface area contributed by atoms with Gasteiger partial charge in [0.2, 0.25) is 0 Å². The van der Waals surface area contributed by atoms with Gasteiger partial charge in [-0.05, 0) is 37.8 Å². The summed E-state index contributed by atoms with van der Waals surface area (Å²) in [6.45, 7) is 4.06. The van der Waals surface area contributed by atoms with Crippen molar-refractivity contribution >= 4 is 11.8 Å². The maximum absolute atomic E-state index is 5.59. The van der Waals surface area contributed by atoms with Gasteiger partial charge in [0.1, 0.15) is 0 Å². The Kier molecular flexibility index (Phi) is 3.92. The van der Waals surface area contributed by atoms with Crippen LogP contribution in [0.15, 0.2) is 29.2 Å². The van der Waals surface area contributed by atoms with Gasteiger partial charge in [0.25, 0.3) is 0 Å². The van der Waals surface area contributed by atoms with Gasteiger partial charge in [-0.15, -0.1) is 11.8 Å². The van der Waals surface area contributed by atoms with E-state index in [1.54, 1.807) is 0 Å². The van der Waals surface area contributed by atoms with E-state index in [4.69, 9.17) is 4.74 Å². The Morgan fingerprint density at radius 3 is 2.94 bits per heavy atom. The minimum absolute atomic E-state index is 0.515. The molecule has 3 heteroatoms. The zero-order chi connectivity index (χ0) is 12.4. The van der Waals surface area contributed by atoms with Crippen molar-refractivity contribution in [2.75, 3.05) is 13.2 Å². The molecule has 1 fully saturated rings. The lowest BCUT2D eigenvalue weighted by Gasteiger charge is -2.36. The van der Waals surface area contributed by atoms with Crippen LogP contribution < -0.4 is 5.32 Å². The van der Waals surface area contributed by atoms with Crippen LogP contribution in [0.25, 0.3) is 0 Å². The maximum Gasteiger partial charge on any atom is 0.0604 e. The molecule has 1 N–H and O–H groups in total. The number of rotatable bonds is 5. The fourth-order valence-electron chi connectivity index (χ4n) is 2.77. The Bertz CT molecular complexity index is 378. The van der Waals surface area contributed by atoms with Crippen molar-refractivity contribution < 1.29 is 4.74 Å². The monoisotopic (exact) mass is 263 g/mol. The summed E-state index contributed by atoms with van der Waals surface area (Å²) in [5, 5.41) is 4.40. The van der Waals surface area contributed by atoms with Gasteiger partial charge in [0.15, 0.2) is 0 Å². The molecule has 98 valence electrons. The SMILES string of the molecule is CCOC1CC(NCC2Cc3ccccc3S2)C1. The van der Waals surface area contributed by atoms with Crippen LogP contribution in [-0.2, 0) is 11.2 Å². The van der Waals surface area contributed by atoms with Crippen molar-refractivity contribution in [2.24, 2.45) is 0 Å². The van der Waals surface area contributed by atoms with E-state index in [1.165, 1.54) is 29.7 Å². The van der Waals surface area contributed by atoms with Crippen LogP contribution in [0, 0.1) is 0 Å². The number of thioether (sulfide) groups is 1. The first-order chi connectivity index (χ1) is 8.85. The average Bonchev–Trinajstić information content (AvgIpc) is 2.74. The predicted molar refractivity (Wildman–Crippen MR) is 76.2 cm³/mol. The van der Waals surface area contributed by atoms with E-state index in [2.05, 4.69) is 36.5 Å². The van der Waals surface area contributed by atoms with E-state index < -0.39 is 0 Å². The first-order valence-corrected chi connectivity index (χ1v) is 7.82. The Morgan fingerprint density at radius 1 is 1.33 bits per heavy atom. The molecule has 1 aromatic rings. The molecule has 1 aromatic carbocycles. The minimum atomic E-state index is 0.515. The molecule has 0 spiro atoms. The fraction of sp³-hybridized carbons (Fsp3) is 0.600. The van der Waals surface area contributed by atoms with E-state index in [0.717, 1.165) is 13.2 Å². The van der Waals surface area contributed by atoms with Gasteiger partial charge < -0.3 is 10.1 Å². The minimum Gasteiger partial charge on any atom is -0.378 e. The first kappa shape index (κ1) is 12.5. The molecule has 18 heavy (non-hydrogen) atoms. The maximum atomic E-state index is 5.59. The molecule has 0 saturated heterocycles. The predicted octanol–water partition coefficient (Wildman–Crippen LogP) is 2.86. The Morgan fingerprint density at radius 2 is 2.17 bits per heavy atom. The van der Waals surface area contributed by atoms with E-state index in [1.807, 2.05) is 11.8 Å². The average molecular weight is 263 g/mol. The second kappa shape index (κ2) is 5.64. The van der Waals surface area contributed by atoms with E-state index in [-0.39, 0.29) is 0 Å². The zero-order valence-electron chi connectivity index (χ0n) is 10.9. The lowest BCUT2D eigenvalue weighted by Crippen LogP contribution is -2.47. The fourth-order valence-corrected chi connectivity index (χ4v) is 4.03. The Balaban J connectivity index is 1.39. The molecule has 2 nitrogen and oxygen atoms in total. The number of benzene rings is 1. The molecular weight excluding hydrogens is 242 g/mol. The van der Waals surface area contributed by atoms with Crippen LogP contribution in [0.5, 0.6) is 0 Å². The summed E-state index contributed by atoms with van der Waals surface area (Å²) in [4.78, 5) is 1.48. The van der Waals surface area contributed by atoms with Crippen molar-refractivity contribution in [3.05, 3.63) is 29.8 Å². The number of fused-ring (bicyclic) bond motifs is 1. The highest BCUT2D eigenvalue weighted by molar-refractivity contribution is 8.00. The Hall–Kier alpha value is -0.510. The third-order valence-electron chi connectivity index (χ3n) is 3.85. The van der Waals surface area contributed by atoms with Crippen LogP contribution in [0.2, 0.25) is 0 Å². The molecule has 1 saturated carbocycles. The molecule has 0 bridgehead atoms. The van der Waals surface area contributed by atoms with Gasteiger partial charge in [-0.25, -0.2) is 0 Å². The molecular formula is C15H21NOS. The van der Waals surface area contributed by atoms with Gasteiger partial charge in [-0.1, -0.05) is 18.2 Å². The zero-order valence-corrected chi connectivity index (χ0v) is 11.7. The largest absolute Gasteiger partial charge is 0.378 e. The second-order valence-electron chi connectivity index (χ2n) is 5.21. The summed E-state index contributed by atoms with van der Waals surface area (Å²) >= 11 is 2.03. The summed E-state index contributed by atoms with van der Waals surface area (Å²) in [6, 6.07) is 9.48. The quantitative estimate of drug-likeness (QED) is 0.882. The topological polar surface area (TPSA) is 21.3 Å². The van der Waals surface area contributed by atoms with Crippen molar-refractivity contribution in [2.45, 2.75) is 48.5 Å². The number of hydrogen-bond acceptors (Lipinski definition) is 3. The molecule has 1 aliphatic carbocycles. The van der Waals surface area contributed by atoms with Gasteiger partial charge in [-0.3, -0.25) is 0 Å². The first-order valence-electron chi connectivity index (χ1n) is 6.94. The highest BCUT2D eigenvalue weighted by atomic mass is 32.2. The highest BCUT2D eigenvalue weighted by Crippen LogP contribution is 2.36. The van der Waals surface area contributed by atoms with Crippen LogP contribution in [0.4, 0.5) is 0 Å². The highest BCUT2D eigenvalue weighted by Gasteiger charge is 2.30. The van der Waals surface area contributed by atoms with Gasteiger partial charge in [0.05, 0.1) is 6.10 Å². The smallest absolute Gasteiger partial charge is 0.0604 e. The standard InChI is InChI=1S/C15H21NOS/c1-2-17-13-8-12(9-13)16-10-14-7-11-5-3-4-6-15(11)18-14/h3-6,12-14,16H,2,7-10H2,1H3. The van der Waals surface area contributed by atoms with Gasteiger partial charge in [0, 0.05) is 29.3 Å². The summed E-state index contributed by atoms with van der Waals surface area (Å²) in [5.74, 6) is 0. The third kappa shape index (κ3) is 2.73. The summed E-state index contributed by atoms with van der Waals surface area (Å²) in [6.07, 6.45) is 4.12. The van der Waals surface area contributed by atoms with E-state index in [0.29, 0.717) is 17.4 Å². The molecule has 0 radical (unpaired) electrons. The number of ether oxygens (including phenoxy) is 1. The number of hydrogen-bond donors (Lipinski definition) is 1. The lowest BCUT2D eigenvalue weighted by molar-refractivity contribution is -0.00963.